The maximum absolute atomic E-state index is 13.6. The Morgan fingerprint density at radius 2 is 1.80 bits per heavy atom. The van der Waals surface area contributed by atoms with Crippen LogP contribution in [-0.2, 0) is 19.6 Å². The second-order valence-electron chi connectivity index (χ2n) is 8.86. The molecule has 1 aliphatic carbocycles. The molecule has 3 aromatic heterocycles. The molecule has 0 bridgehead atoms. The molecule has 0 unspecified atom stereocenters. The predicted molar refractivity (Wildman–Crippen MR) is 139 cm³/mol. The van der Waals surface area contributed by atoms with Crippen LogP contribution in [-0.4, -0.2) is 29.8 Å². The lowest BCUT2D eigenvalue weighted by Crippen LogP contribution is -2.40. The third-order valence-corrected chi connectivity index (χ3v) is 6.99. The van der Waals surface area contributed by atoms with Gasteiger partial charge in [0, 0.05) is 41.9 Å². The fraction of sp³-hybridized carbons (Fsp3) is 0.385. The molecule has 1 saturated carbocycles. The molecule has 0 aliphatic heterocycles. The SMILES string of the molecule is CCCn1c(=O)c2c(nc(-c3ccc(OC4CCC4)nc3)n2Cc2ccc(Br)cc2)n(CC)c1=O. The maximum Gasteiger partial charge on any atom is 0.332 e. The lowest BCUT2D eigenvalue weighted by atomic mass is 9.96. The van der Waals surface area contributed by atoms with Gasteiger partial charge in [0.15, 0.2) is 11.2 Å². The van der Waals surface area contributed by atoms with Crippen molar-refractivity contribution in [1.82, 2.24) is 23.7 Å². The summed E-state index contributed by atoms with van der Waals surface area (Å²) in [4.78, 5) is 36.0. The first kappa shape index (κ1) is 23.5. The number of aromatic nitrogens is 5. The fourth-order valence-corrected chi connectivity index (χ4v) is 4.65. The van der Waals surface area contributed by atoms with Gasteiger partial charge < -0.3 is 9.30 Å². The number of imidazole rings is 1. The predicted octanol–water partition coefficient (Wildman–Crippen LogP) is 4.59. The van der Waals surface area contributed by atoms with Crippen LogP contribution in [0.25, 0.3) is 22.6 Å². The van der Waals surface area contributed by atoms with Gasteiger partial charge in [-0.05, 0) is 56.4 Å². The normalized spacial score (nSPS) is 13.8. The van der Waals surface area contributed by atoms with Gasteiger partial charge in [0.2, 0.25) is 5.88 Å². The van der Waals surface area contributed by atoms with Crippen molar-refractivity contribution in [3.63, 3.8) is 0 Å². The lowest BCUT2D eigenvalue weighted by Gasteiger charge is -2.25. The number of rotatable bonds is 8. The van der Waals surface area contributed by atoms with Crippen LogP contribution in [0.4, 0.5) is 0 Å². The van der Waals surface area contributed by atoms with Crippen LogP contribution in [0.5, 0.6) is 5.88 Å². The van der Waals surface area contributed by atoms with E-state index in [4.69, 9.17) is 9.72 Å². The van der Waals surface area contributed by atoms with E-state index in [1.54, 1.807) is 10.8 Å². The molecule has 5 rings (SSSR count). The Morgan fingerprint density at radius 1 is 1.03 bits per heavy atom. The quantitative estimate of drug-likeness (QED) is 0.328. The van der Waals surface area contributed by atoms with E-state index in [0.29, 0.717) is 48.9 Å². The third-order valence-electron chi connectivity index (χ3n) is 6.47. The molecule has 4 aromatic rings. The summed E-state index contributed by atoms with van der Waals surface area (Å²) in [7, 11) is 0. The van der Waals surface area contributed by atoms with Gasteiger partial charge in [-0.25, -0.2) is 14.8 Å². The Kier molecular flexibility index (Phi) is 6.60. The molecule has 0 N–H and O–H groups in total. The molecule has 1 fully saturated rings. The number of hydrogen-bond donors (Lipinski definition) is 0. The van der Waals surface area contributed by atoms with E-state index in [1.165, 1.54) is 11.0 Å². The molecule has 9 heteroatoms. The number of benzene rings is 1. The van der Waals surface area contributed by atoms with E-state index >= 15 is 0 Å². The van der Waals surface area contributed by atoms with Crippen molar-refractivity contribution in [2.24, 2.45) is 0 Å². The summed E-state index contributed by atoms with van der Waals surface area (Å²) in [5, 5.41) is 0. The van der Waals surface area contributed by atoms with Crippen molar-refractivity contribution in [3.05, 3.63) is 73.5 Å². The molecule has 1 aliphatic rings. The van der Waals surface area contributed by atoms with Crippen molar-refractivity contribution in [2.75, 3.05) is 0 Å². The lowest BCUT2D eigenvalue weighted by molar-refractivity contribution is 0.114. The number of fused-ring (bicyclic) bond motifs is 1. The van der Waals surface area contributed by atoms with Crippen LogP contribution in [0.2, 0.25) is 0 Å². The van der Waals surface area contributed by atoms with E-state index in [9.17, 15) is 9.59 Å². The summed E-state index contributed by atoms with van der Waals surface area (Å²) in [6.07, 6.45) is 5.97. The van der Waals surface area contributed by atoms with E-state index < -0.39 is 0 Å². The van der Waals surface area contributed by atoms with Gasteiger partial charge in [0.25, 0.3) is 5.56 Å². The van der Waals surface area contributed by atoms with Crippen LogP contribution in [0.3, 0.4) is 0 Å². The number of ether oxygens (including phenoxy) is 1. The zero-order valence-electron chi connectivity index (χ0n) is 19.9. The van der Waals surface area contributed by atoms with Crippen LogP contribution < -0.4 is 16.0 Å². The minimum Gasteiger partial charge on any atom is -0.474 e. The molecule has 8 nitrogen and oxygen atoms in total. The average molecular weight is 538 g/mol. The number of halogens is 1. The standard InChI is InChI=1S/C26H28BrN5O3/c1-3-14-31-25(33)22-24(30(4-2)26(31)34)29-23(32(22)16-17-8-11-19(27)12-9-17)18-10-13-21(28-15-18)35-20-6-5-7-20/h8-13,15,20H,3-7,14,16H2,1-2H3. The number of aryl methyl sites for hydroxylation is 1. The van der Waals surface area contributed by atoms with Crippen molar-refractivity contribution in [3.8, 4) is 17.3 Å². The van der Waals surface area contributed by atoms with Gasteiger partial charge in [-0.1, -0.05) is 35.0 Å². The monoisotopic (exact) mass is 537 g/mol. The highest BCUT2D eigenvalue weighted by Gasteiger charge is 2.23. The van der Waals surface area contributed by atoms with E-state index in [1.807, 2.05) is 54.8 Å². The van der Waals surface area contributed by atoms with Crippen molar-refractivity contribution >= 4 is 27.1 Å². The van der Waals surface area contributed by atoms with Crippen LogP contribution >= 0.6 is 15.9 Å². The van der Waals surface area contributed by atoms with Gasteiger partial charge >= 0.3 is 5.69 Å². The van der Waals surface area contributed by atoms with E-state index in [-0.39, 0.29) is 17.4 Å². The summed E-state index contributed by atoms with van der Waals surface area (Å²) in [5.74, 6) is 1.18. The minimum absolute atomic E-state index is 0.242. The summed E-state index contributed by atoms with van der Waals surface area (Å²) in [6, 6.07) is 11.7. The summed E-state index contributed by atoms with van der Waals surface area (Å²) >= 11 is 3.48. The summed E-state index contributed by atoms with van der Waals surface area (Å²) < 4.78 is 11.7. The molecule has 0 spiro atoms. The van der Waals surface area contributed by atoms with Crippen molar-refractivity contribution < 1.29 is 4.74 Å². The van der Waals surface area contributed by atoms with E-state index in [2.05, 4.69) is 20.9 Å². The number of hydrogen-bond acceptors (Lipinski definition) is 5. The highest BCUT2D eigenvalue weighted by Crippen LogP contribution is 2.27. The van der Waals surface area contributed by atoms with Crippen molar-refractivity contribution in [1.29, 1.82) is 0 Å². The first-order chi connectivity index (χ1) is 17.0. The smallest absolute Gasteiger partial charge is 0.332 e. The summed E-state index contributed by atoms with van der Waals surface area (Å²) in [6.45, 7) is 5.06. The van der Waals surface area contributed by atoms with Gasteiger partial charge in [-0.3, -0.25) is 13.9 Å². The molecule has 0 saturated heterocycles. The topological polar surface area (TPSA) is 83.9 Å². The van der Waals surface area contributed by atoms with Gasteiger partial charge in [0.1, 0.15) is 11.9 Å². The molecule has 3 heterocycles. The Bertz CT molecular complexity index is 1460. The zero-order valence-corrected chi connectivity index (χ0v) is 21.5. The molecule has 1 aromatic carbocycles. The first-order valence-electron chi connectivity index (χ1n) is 12.1. The van der Waals surface area contributed by atoms with Gasteiger partial charge in [0.05, 0.1) is 0 Å². The van der Waals surface area contributed by atoms with Crippen molar-refractivity contribution in [2.45, 2.75) is 65.3 Å². The number of nitrogens with zero attached hydrogens (tertiary/aromatic N) is 5. The second kappa shape index (κ2) is 9.81. The minimum atomic E-state index is -0.325. The third kappa shape index (κ3) is 4.45. The average Bonchev–Trinajstić information content (AvgIpc) is 3.20. The molecular formula is C26H28BrN5O3. The fourth-order valence-electron chi connectivity index (χ4n) is 4.38. The highest BCUT2D eigenvalue weighted by atomic mass is 79.9. The van der Waals surface area contributed by atoms with Crippen LogP contribution in [0.15, 0.2) is 56.7 Å². The first-order valence-corrected chi connectivity index (χ1v) is 12.9. The summed E-state index contributed by atoms with van der Waals surface area (Å²) in [5.41, 5.74) is 1.96. The van der Waals surface area contributed by atoms with Gasteiger partial charge in [-0.15, -0.1) is 0 Å². The molecule has 182 valence electrons. The Labute approximate surface area is 211 Å². The van der Waals surface area contributed by atoms with E-state index in [0.717, 1.165) is 28.4 Å². The molecule has 0 amide bonds. The maximum atomic E-state index is 13.6. The van der Waals surface area contributed by atoms with Crippen LogP contribution in [0.1, 0.15) is 45.1 Å². The Balaban J connectivity index is 1.69. The molecule has 35 heavy (non-hydrogen) atoms. The number of pyridine rings is 1. The van der Waals surface area contributed by atoms with Crippen LogP contribution in [0, 0.1) is 0 Å². The molecule has 0 radical (unpaired) electrons. The zero-order chi connectivity index (χ0) is 24.5. The van der Waals surface area contributed by atoms with Gasteiger partial charge in [-0.2, -0.15) is 0 Å². The second-order valence-corrected chi connectivity index (χ2v) is 9.78. The molecule has 0 atom stereocenters. The largest absolute Gasteiger partial charge is 0.474 e. The highest BCUT2D eigenvalue weighted by molar-refractivity contribution is 9.10. The Morgan fingerprint density at radius 3 is 2.40 bits per heavy atom. The molecular weight excluding hydrogens is 510 g/mol. The Hall–Kier alpha value is -3.20.